The minimum absolute atomic E-state index is 0.218. The van der Waals surface area contributed by atoms with Gasteiger partial charge in [-0.15, -0.1) is 0 Å². The molecule has 0 radical (unpaired) electrons. The van der Waals surface area contributed by atoms with Gasteiger partial charge in [0.2, 0.25) is 0 Å². The predicted octanol–water partition coefficient (Wildman–Crippen LogP) is 2.62. The van der Waals surface area contributed by atoms with Crippen LogP contribution in [-0.4, -0.2) is 45.8 Å². The average Bonchev–Trinajstić information content (AvgIpc) is 3.00. The summed E-state index contributed by atoms with van der Waals surface area (Å²) in [6, 6.07) is 7.35. The Bertz CT molecular complexity index is 892. The zero-order chi connectivity index (χ0) is 21.1. The number of nitrogens with one attached hydrogen (secondary N) is 2. The van der Waals surface area contributed by atoms with E-state index in [1.54, 1.807) is 13.8 Å². The standard InChI is InChI=1S/C19H22BrN5O3S/c1-11(21-22-19(29)24-9-7-13(8-10-24)18(27)28)16-12(2)23-25(17(16)26)15-5-3-14(20)4-6-15/h3-6,13,21H,7-10H2,1-2H3,(H,22,29)(H,27,28). The van der Waals surface area contributed by atoms with E-state index in [4.69, 9.17) is 17.3 Å². The lowest BCUT2D eigenvalue weighted by Crippen LogP contribution is -2.49. The maximum absolute atomic E-state index is 12.9. The molecular weight excluding hydrogens is 458 g/mol. The first-order valence-corrected chi connectivity index (χ1v) is 10.4. The summed E-state index contributed by atoms with van der Waals surface area (Å²) in [5, 5.41) is 15.3. The molecule has 10 heteroatoms. The van der Waals surface area contributed by atoms with Gasteiger partial charge in [0.05, 0.1) is 22.9 Å². The number of hydrogen-bond acceptors (Lipinski definition) is 5. The van der Waals surface area contributed by atoms with Crippen molar-refractivity contribution in [3.05, 3.63) is 40.0 Å². The number of hydrazone groups is 1. The molecule has 1 saturated heterocycles. The molecule has 0 bridgehead atoms. The smallest absolute Gasteiger partial charge is 0.306 e. The minimum atomic E-state index is -0.757. The van der Waals surface area contributed by atoms with Gasteiger partial charge in [0.1, 0.15) is 0 Å². The molecule has 0 unspecified atom stereocenters. The predicted molar refractivity (Wildman–Crippen MR) is 118 cm³/mol. The second kappa shape index (κ2) is 8.91. The lowest BCUT2D eigenvalue weighted by Gasteiger charge is -2.32. The van der Waals surface area contributed by atoms with Crippen molar-refractivity contribution >= 4 is 56.5 Å². The van der Waals surface area contributed by atoms with Crippen LogP contribution < -0.4 is 15.9 Å². The number of rotatable bonds is 4. The molecule has 2 heterocycles. The van der Waals surface area contributed by atoms with E-state index in [1.165, 1.54) is 5.01 Å². The number of carboxylic acids is 1. The number of hydrogen-bond donors (Lipinski definition) is 3. The molecule has 2 aliphatic heterocycles. The molecule has 3 rings (SSSR count). The number of carbonyl (C=O) groups is 2. The Morgan fingerprint density at radius 1 is 1.24 bits per heavy atom. The van der Waals surface area contributed by atoms with Gasteiger partial charge in [0.25, 0.3) is 5.91 Å². The van der Waals surface area contributed by atoms with Crippen LogP contribution in [-0.2, 0) is 9.59 Å². The Kier molecular flexibility index (Phi) is 6.53. The monoisotopic (exact) mass is 479 g/mol. The van der Waals surface area contributed by atoms with Crippen LogP contribution >= 0.6 is 28.1 Å². The van der Waals surface area contributed by atoms with Gasteiger partial charge in [-0.1, -0.05) is 15.9 Å². The fourth-order valence-electron chi connectivity index (χ4n) is 3.31. The molecule has 0 aromatic heterocycles. The third kappa shape index (κ3) is 4.76. The average molecular weight is 480 g/mol. The van der Waals surface area contributed by atoms with Gasteiger partial charge >= 0.3 is 5.97 Å². The summed E-state index contributed by atoms with van der Waals surface area (Å²) in [5.41, 5.74) is 8.32. The Balaban J connectivity index is 1.62. The highest BCUT2D eigenvalue weighted by Crippen LogP contribution is 2.26. The number of thiocarbonyl (C=S) groups is 1. The number of anilines is 1. The van der Waals surface area contributed by atoms with E-state index in [1.807, 2.05) is 29.2 Å². The molecule has 0 spiro atoms. The molecular formula is C19H22BrN5O3S. The van der Waals surface area contributed by atoms with Crippen molar-refractivity contribution in [1.29, 1.82) is 0 Å². The maximum atomic E-state index is 12.9. The minimum Gasteiger partial charge on any atom is -0.481 e. The summed E-state index contributed by atoms with van der Waals surface area (Å²) in [6.07, 6.45) is 1.12. The second-order valence-corrected chi connectivity index (χ2v) is 8.24. The molecule has 1 amide bonds. The first-order valence-electron chi connectivity index (χ1n) is 9.18. The molecule has 1 aromatic rings. The third-order valence-corrected chi connectivity index (χ3v) is 5.84. The highest BCUT2D eigenvalue weighted by atomic mass is 79.9. The van der Waals surface area contributed by atoms with Gasteiger partial charge in [-0.05, 0) is 63.2 Å². The lowest BCUT2D eigenvalue weighted by molar-refractivity contribution is -0.143. The molecule has 0 atom stereocenters. The quantitative estimate of drug-likeness (QED) is 0.346. The van der Waals surface area contributed by atoms with Gasteiger partial charge in [0.15, 0.2) is 5.11 Å². The number of carboxylic acid groups (broad SMARTS) is 1. The van der Waals surface area contributed by atoms with Crippen LogP contribution in [0.15, 0.2) is 45.1 Å². The Labute approximate surface area is 182 Å². The van der Waals surface area contributed by atoms with Crippen molar-refractivity contribution in [3.8, 4) is 0 Å². The summed E-state index contributed by atoms with van der Waals surface area (Å²) in [5.74, 6) is -1.29. The summed E-state index contributed by atoms with van der Waals surface area (Å²) < 4.78 is 0.923. The highest BCUT2D eigenvalue weighted by Gasteiger charge is 2.31. The van der Waals surface area contributed by atoms with E-state index in [9.17, 15) is 9.59 Å². The van der Waals surface area contributed by atoms with E-state index in [0.717, 1.165) is 4.47 Å². The fourth-order valence-corrected chi connectivity index (χ4v) is 3.81. The van der Waals surface area contributed by atoms with Gasteiger partial charge in [-0.2, -0.15) is 10.1 Å². The van der Waals surface area contributed by atoms with E-state index < -0.39 is 5.97 Å². The zero-order valence-electron chi connectivity index (χ0n) is 16.1. The van der Waals surface area contributed by atoms with Crippen LogP contribution in [0.5, 0.6) is 0 Å². The third-order valence-electron chi connectivity index (χ3n) is 4.95. The molecule has 29 heavy (non-hydrogen) atoms. The van der Waals surface area contributed by atoms with E-state index in [0.29, 0.717) is 53.7 Å². The first kappa shape index (κ1) is 21.3. The van der Waals surface area contributed by atoms with Crippen molar-refractivity contribution in [2.45, 2.75) is 26.7 Å². The first-order chi connectivity index (χ1) is 13.8. The second-order valence-electron chi connectivity index (χ2n) is 6.93. The number of amides is 1. The number of allylic oxidation sites excluding steroid dienone is 1. The van der Waals surface area contributed by atoms with Crippen molar-refractivity contribution in [2.24, 2.45) is 11.0 Å². The zero-order valence-corrected chi connectivity index (χ0v) is 18.5. The molecule has 154 valence electrons. The van der Waals surface area contributed by atoms with Gasteiger partial charge < -0.3 is 15.4 Å². The Morgan fingerprint density at radius 2 is 1.86 bits per heavy atom. The Morgan fingerprint density at radius 3 is 2.45 bits per heavy atom. The van der Waals surface area contributed by atoms with E-state index in [-0.39, 0.29) is 11.8 Å². The van der Waals surface area contributed by atoms with Crippen molar-refractivity contribution in [3.63, 3.8) is 0 Å². The van der Waals surface area contributed by atoms with Crippen LogP contribution in [0.25, 0.3) is 0 Å². The van der Waals surface area contributed by atoms with Crippen LogP contribution in [0.4, 0.5) is 5.69 Å². The largest absolute Gasteiger partial charge is 0.481 e. The van der Waals surface area contributed by atoms with Crippen LogP contribution in [0.1, 0.15) is 26.7 Å². The molecule has 8 nitrogen and oxygen atoms in total. The summed E-state index contributed by atoms with van der Waals surface area (Å²) in [4.78, 5) is 25.9. The van der Waals surface area contributed by atoms with Crippen molar-refractivity contribution < 1.29 is 14.7 Å². The van der Waals surface area contributed by atoms with Crippen LogP contribution in [0.3, 0.4) is 0 Å². The Hall–Kier alpha value is -2.46. The number of aliphatic carboxylic acids is 1. The summed E-state index contributed by atoms with van der Waals surface area (Å²) in [6.45, 7) is 4.73. The SMILES string of the molecule is CC1=NN(c2ccc(Br)cc2)C(=O)C1=C(C)NNC(=S)N1CCC(C(=O)O)CC1. The molecule has 1 aromatic carbocycles. The van der Waals surface area contributed by atoms with Crippen molar-refractivity contribution in [1.82, 2.24) is 15.8 Å². The summed E-state index contributed by atoms with van der Waals surface area (Å²) >= 11 is 8.78. The molecule has 0 saturated carbocycles. The number of halogens is 1. The van der Waals surface area contributed by atoms with Crippen LogP contribution in [0.2, 0.25) is 0 Å². The van der Waals surface area contributed by atoms with Crippen LogP contribution in [0, 0.1) is 5.92 Å². The number of benzene rings is 1. The van der Waals surface area contributed by atoms with E-state index in [2.05, 4.69) is 31.9 Å². The highest BCUT2D eigenvalue weighted by molar-refractivity contribution is 9.10. The number of carbonyl (C=O) groups excluding carboxylic acids is 1. The van der Waals surface area contributed by atoms with Gasteiger partial charge in [0, 0.05) is 23.3 Å². The maximum Gasteiger partial charge on any atom is 0.306 e. The molecule has 3 N–H and O–H groups in total. The fraction of sp³-hybridized carbons (Fsp3) is 0.368. The topological polar surface area (TPSA) is 97.3 Å². The molecule has 2 aliphatic rings. The van der Waals surface area contributed by atoms with Gasteiger partial charge in [-0.3, -0.25) is 15.0 Å². The molecule has 1 fully saturated rings. The number of hydrazine groups is 1. The summed E-state index contributed by atoms with van der Waals surface area (Å²) in [7, 11) is 0. The number of nitrogens with zero attached hydrogens (tertiary/aromatic N) is 3. The molecule has 0 aliphatic carbocycles. The number of piperidine rings is 1. The lowest BCUT2D eigenvalue weighted by atomic mass is 9.97. The van der Waals surface area contributed by atoms with Gasteiger partial charge in [-0.25, -0.2) is 0 Å². The normalized spacial score (nSPS) is 19.1. The number of likely N-dealkylation sites (tertiary alicyclic amines) is 1. The van der Waals surface area contributed by atoms with Crippen molar-refractivity contribution in [2.75, 3.05) is 18.1 Å². The van der Waals surface area contributed by atoms with E-state index >= 15 is 0 Å².